The summed E-state index contributed by atoms with van der Waals surface area (Å²) in [6, 6.07) is 1.61. The monoisotopic (exact) mass is 355 g/mol. The fourth-order valence-electron chi connectivity index (χ4n) is 3.79. The van der Waals surface area contributed by atoms with E-state index in [4.69, 9.17) is 9.97 Å². The van der Waals surface area contributed by atoms with E-state index >= 15 is 0 Å². The van der Waals surface area contributed by atoms with Crippen LogP contribution in [0.2, 0.25) is 0 Å². The zero-order chi connectivity index (χ0) is 18.1. The topological polar surface area (TPSA) is 81.2 Å². The lowest BCUT2D eigenvalue weighted by molar-refractivity contribution is 0.352. The molecule has 0 saturated carbocycles. The number of hydrogen-bond acceptors (Lipinski definition) is 7. The number of aromatic nitrogens is 4. The lowest BCUT2D eigenvalue weighted by Gasteiger charge is -2.37. The second-order valence-corrected chi connectivity index (χ2v) is 7.10. The van der Waals surface area contributed by atoms with Crippen molar-refractivity contribution in [3.8, 4) is 0 Å². The molecule has 0 aromatic carbocycles. The average Bonchev–Trinajstić information content (AvgIpc) is 2.83. The van der Waals surface area contributed by atoms with Gasteiger partial charge in [0.25, 0.3) is 5.56 Å². The van der Waals surface area contributed by atoms with Crippen LogP contribution in [0.3, 0.4) is 0 Å². The fraction of sp³-hybridized carbons (Fsp3) is 0.556. The van der Waals surface area contributed by atoms with Crippen molar-refractivity contribution in [2.24, 2.45) is 0 Å². The van der Waals surface area contributed by atoms with E-state index in [1.807, 2.05) is 6.92 Å². The van der Waals surface area contributed by atoms with Gasteiger partial charge in [-0.15, -0.1) is 0 Å². The lowest BCUT2D eigenvalue weighted by atomic mass is 10.1. The third-order valence-electron chi connectivity index (χ3n) is 5.25. The standard InChI is InChI=1S/C18H25N7O/c1-13-20-16-4-6-23(2)5-3-15(16)18(21-13)25-9-7-24(8-10-25)14-11-17(26)22-19-12-14/h11-12H,3-10H2,1-2H3,(H,22,26). The van der Waals surface area contributed by atoms with Gasteiger partial charge >= 0.3 is 0 Å². The first-order chi connectivity index (χ1) is 12.6. The largest absolute Gasteiger partial charge is 0.367 e. The van der Waals surface area contributed by atoms with Crippen LogP contribution in [0.15, 0.2) is 17.1 Å². The number of H-pyrrole nitrogens is 1. The van der Waals surface area contributed by atoms with Crippen LogP contribution >= 0.6 is 0 Å². The predicted molar refractivity (Wildman–Crippen MR) is 101 cm³/mol. The molecule has 26 heavy (non-hydrogen) atoms. The summed E-state index contributed by atoms with van der Waals surface area (Å²) >= 11 is 0. The maximum atomic E-state index is 11.5. The number of rotatable bonds is 2. The molecule has 2 aliphatic heterocycles. The van der Waals surface area contributed by atoms with Crippen molar-refractivity contribution in [3.05, 3.63) is 39.7 Å². The molecule has 0 aliphatic carbocycles. The minimum atomic E-state index is -0.161. The lowest BCUT2D eigenvalue weighted by Crippen LogP contribution is -2.47. The number of aromatic amines is 1. The van der Waals surface area contributed by atoms with Gasteiger partial charge < -0.3 is 14.7 Å². The molecule has 0 spiro atoms. The SMILES string of the molecule is Cc1nc2c(c(N3CCN(c4cn[nH]c(=O)c4)CC3)n1)CCN(C)CC2. The molecule has 0 unspecified atom stereocenters. The zero-order valence-electron chi connectivity index (χ0n) is 15.4. The predicted octanol–water partition coefficient (Wildman–Crippen LogP) is 0.225. The summed E-state index contributed by atoms with van der Waals surface area (Å²) in [4.78, 5) is 28.0. The number of aryl methyl sites for hydroxylation is 1. The van der Waals surface area contributed by atoms with Crippen molar-refractivity contribution >= 4 is 11.5 Å². The van der Waals surface area contributed by atoms with Gasteiger partial charge in [0.1, 0.15) is 11.6 Å². The number of fused-ring (bicyclic) bond motifs is 1. The van der Waals surface area contributed by atoms with Gasteiger partial charge in [-0.25, -0.2) is 15.1 Å². The Kier molecular flexibility index (Phi) is 4.58. The van der Waals surface area contributed by atoms with Gasteiger partial charge in [-0.2, -0.15) is 5.10 Å². The molecular formula is C18H25N7O. The maximum absolute atomic E-state index is 11.5. The summed E-state index contributed by atoms with van der Waals surface area (Å²) in [5.74, 6) is 1.95. The van der Waals surface area contributed by atoms with Crippen molar-refractivity contribution in [1.29, 1.82) is 0 Å². The van der Waals surface area contributed by atoms with Gasteiger partial charge in [-0.3, -0.25) is 4.79 Å². The number of hydrogen-bond donors (Lipinski definition) is 1. The van der Waals surface area contributed by atoms with E-state index in [1.165, 1.54) is 11.3 Å². The number of nitrogens with one attached hydrogen (secondary N) is 1. The van der Waals surface area contributed by atoms with Crippen LogP contribution in [0.25, 0.3) is 0 Å². The first-order valence-corrected chi connectivity index (χ1v) is 9.20. The van der Waals surface area contributed by atoms with Crippen molar-refractivity contribution < 1.29 is 0 Å². The molecule has 8 heteroatoms. The Morgan fingerprint density at radius 1 is 1.00 bits per heavy atom. The van der Waals surface area contributed by atoms with E-state index in [9.17, 15) is 4.79 Å². The maximum Gasteiger partial charge on any atom is 0.266 e. The second-order valence-electron chi connectivity index (χ2n) is 7.10. The summed E-state index contributed by atoms with van der Waals surface area (Å²) in [6.45, 7) is 7.54. The van der Waals surface area contributed by atoms with Crippen LogP contribution in [-0.2, 0) is 12.8 Å². The second kappa shape index (κ2) is 7.03. The Morgan fingerprint density at radius 3 is 2.50 bits per heavy atom. The highest BCUT2D eigenvalue weighted by Gasteiger charge is 2.24. The Balaban J connectivity index is 1.55. The van der Waals surface area contributed by atoms with E-state index in [1.54, 1.807) is 12.3 Å². The van der Waals surface area contributed by atoms with E-state index in [0.717, 1.165) is 69.4 Å². The Hall–Kier alpha value is -2.48. The molecular weight excluding hydrogens is 330 g/mol. The van der Waals surface area contributed by atoms with Gasteiger partial charge in [-0.05, 0) is 20.4 Å². The van der Waals surface area contributed by atoms with Crippen molar-refractivity contribution in [2.45, 2.75) is 19.8 Å². The number of likely N-dealkylation sites (N-methyl/N-ethyl adjacent to an activating group) is 1. The molecule has 0 amide bonds. The third kappa shape index (κ3) is 3.41. The molecule has 1 saturated heterocycles. The first-order valence-electron chi connectivity index (χ1n) is 9.20. The molecule has 2 aromatic rings. The van der Waals surface area contributed by atoms with Crippen LogP contribution in [0.1, 0.15) is 17.1 Å². The minimum Gasteiger partial charge on any atom is -0.367 e. The molecule has 2 aliphatic rings. The van der Waals surface area contributed by atoms with E-state index in [-0.39, 0.29) is 5.56 Å². The van der Waals surface area contributed by atoms with Gasteiger partial charge in [-0.1, -0.05) is 0 Å². The summed E-state index contributed by atoms with van der Waals surface area (Å²) in [5, 5.41) is 6.34. The van der Waals surface area contributed by atoms with Crippen LogP contribution in [0.4, 0.5) is 11.5 Å². The number of piperazine rings is 1. The summed E-state index contributed by atoms with van der Waals surface area (Å²) < 4.78 is 0. The number of nitrogens with zero attached hydrogens (tertiary/aromatic N) is 6. The Labute approximate surface area is 152 Å². The molecule has 138 valence electrons. The number of anilines is 2. The highest BCUT2D eigenvalue weighted by Crippen LogP contribution is 2.26. The molecule has 8 nitrogen and oxygen atoms in total. The summed E-state index contributed by atoms with van der Waals surface area (Å²) in [5.41, 5.74) is 3.24. The highest BCUT2D eigenvalue weighted by molar-refractivity contribution is 5.53. The van der Waals surface area contributed by atoms with Gasteiger partial charge in [0.05, 0.1) is 17.6 Å². The minimum absolute atomic E-state index is 0.161. The molecule has 2 aromatic heterocycles. The van der Waals surface area contributed by atoms with Crippen molar-refractivity contribution in [3.63, 3.8) is 0 Å². The van der Waals surface area contributed by atoms with Gasteiger partial charge in [0.2, 0.25) is 0 Å². The molecule has 4 heterocycles. The highest BCUT2D eigenvalue weighted by atomic mass is 16.1. The smallest absolute Gasteiger partial charge is 0.266 e. The van der Waals surface area contributed by atoms with E-state index in [2.05, 4.69) is 31.9 Å². The molecule has 0 bridgehead atoms. The van der Waals surface area contributed by atoms with Crippen molar-refractivity contribution in [2.75, 3.05) is 56.1 Å². The molecule has 0 atom stereocenters. The van der Waals surface area contributed by atoms with Crippen LogP contribution in [0, 0.1) is 6.92 Å². The summed E-state index contributed by atoms with van der Waals surface area (Å²) in [6.07, 6.45) is 3.70. The van der Waals surface area contributed by atoms with E-state index < -0.39 is 0 Å². The van der Waals surface area contributed by atoms with Crippen LogP contribution < -0.4 is 15.4 Å². The van der Waals surface area contributed by atoms with E-state index in [0.29, 0.717) is 0 Å². The quantitative estimate of drug-likeness (QED) is 0.826. The van der Waals surface area contributed by atoms with Crippen LogP contribution in [-0.4, -0.2) is 71.4 Å². The Morgan fingerprint density at radius 2 is 1.73 bits per heavy atom. The molecule has 0 radical (unpaired) electrons. The average molecular weight is 355 g/mol. The van der Waals surface area contributed by atoms with Crippen molar-refractivity contribution in [1.82, 2.24) is 25.1 Å². The van der Waals surface area contributed by atoms with Gasteiger partial charge in [0.15, 0.2) is 0 Å². The van der Waals surface area contributed by atoms with Gasteiger partial charge in [0, 0.05) is 57.3 Å². The zero-order valence-corrected chi connectivity index (χ0v) is 15.4. The first kappa shape index (κ1) is 17.0. The summed E-state index contributed by atoms with van der Waals surface area (Å²) in [7, 11) is 2.17. The molecule has 4 rings (SSSR count). The fourth-order valence-corrected chi connectivity index (χ4v) is 3.79. The normalized spacial score (nSPS) is 18.5. The van der Waals surface area contributed by atoms with Crippen LogP contribution in [0.5, 0.6) is 0 Å². The molecule has 1 N–H and O–H groups in total. The Bertz CT molecular complexity index is 842. The molecule has 1 fully saturated rings. The third-order valence-corrected chi connectivity index (χ3v) is 5.25.